The van der Waals surface area contributed by atoms with Crippen molar-refractivity contribution in [2.75, 3.05) is 37.9 Å². The van der Waals surface area contributed by atoms with E-state index in [0.29, 0.717) is 30.9 Å². The fraction of sp³-hybridized carbons (Fsp3) is 0.435. The van der Waals surface area contributed by atoms with Gasteiger partial charge in [-0.1, -0.05) is 36.4 Å². The SMILES string of the molecule is CN(Cc1ccccc1)c1ccc(C(C)(COS(C)(=O)=O)C(=O)N2CCCC2)cc1[N+](=O)[O-]. The summed E-state index contributed by atoms with van der Waals surface area (Å²) in [5.74, 6) is -0.302. The van der Waals surface area contributed by atoms with Crippen LogP contribution in [-0.4, -0.2) is 57.1 Å². The predicted octanol–water partition coefficient (Wildman–Crippen LogP) is 3.09. The number of carbonyl (C=O) groups excluding carboxylic acids is 1. The third-order valence-electron chi connectivity index (χ3n) is 5.91. The van der Waals surface area contributed by atoms with Gasteiger partial charge in [-0.2, -0.15) is 8.42 Å². The number of carbonyl (C=O) groups is 1. The summed E-state index contributed by atoms with van der Waals surface area (Å²) in [5.41, 5.74) is 0.174. The van der Waals surface area contributed by atoms with E-state index in [4.69, 9.17) is 4.18 Å². The number of anilines is 1. The topological polar surface area (TPSA) is 110 Å². The molecule has 1 heterocycles. The monoisotopic (exact) mass is 475 g/mol. The molecule has 0 saturated carbocycles. The third-order valence-corrected chi connectivity index (χ3v) is 6.46. The van der Waals surface area contributed by atoms with Crippen LogP contribution >= 0.6 is 0 Å². The van der Waals surface area contributed by atoms with Gasteiger partial charge in [-0.25, -0.2) is 0 Å². The van der Waals surface area contributed by atoms with Gasteiger partial charge in [-0.3, -0.25) is 19.1 Å². The molecular formula is C23H29N3O6S. The fourth-order valence-corrected chi connectivity index (χ4v) is 4.49. The van der Waals surface area contributed by atoms with Crippen molar-refractivity contribution in [2.24, 2.45) is 0 Å². The van der Waals surface area contributed by atoms with E-state index >= 15 is 0 Å². The van der Waals surface area contributed by atoms with E-state index in [2.05, 4.69) is 0 Å². The average Bonchev–Trinajstić information content (AvgIpc) is 3.31. The summed E-state index contributed by atoms with van der Waals surface area (Å²) >= 11 is 0. The van der Waals surface area contributed by atoms with E-state index in [0.717, 1.165) is 24.7 Å². The third kappa shape index (κ3) is 5.88. The molecule has 1 unspecified atom stereocenters. The Labute approximate surface area is 194 Å². The second-order valence-corrected chi connectivity index (χ2v) is 10.2. The van der Waals surface area contributed by atoms with Crippen LogP contribution in [0.1, 0.15) is 30.9 Å². The number of nitro benzene ring substituents is 1. The van der Waals surface area contributed by atoms with Crippen LogP contribution in [0.2, 0.25) is 0 Å². The van der Waals surface area contributed by atoms with Crippen LogP contribution in [0.4, 0.5) is 11.4 Å². The maximum absolute atomic E-state index is 13.4. The number of nitro groups is 1. The molecule has 1 aliphatic heterocycles. The zero-order valence-electron chi connectivity index (χ0n) is 19.1. The molecule has 10 heteroatoms. The molecule has 0 aromatic heterocycles. The Morgan fingerprint density at radius 1 is 1.18 bits per heavy atom. The van der Waals surface area contributed by atoms with Crippen molar-refractivity contribution in [3.8, 4) is 0 Å². The second-order valence-electron chi connectivity index (χ2n) is 8.60. The highest BCUT2D eigenvalue weighted by Gasteiger charge is 2.41. The molecule has 178 valence electrons. The van der Waals surface area contributed by atoms with Gasteiger partial charge in [-0.05, 0) is 37.0 Å². The first-order valence-electron chi connectivity index (χ1n) is 10.7. The molecule has 1 amide bonds. The summed E-state index contributed by atoms with van der Waals surface area (Å²) < 4.78 is 28.4. The molecule has 2 aromatic rings. The van der Waals surface area contributed by atoms with E-state index in [9.17, 15) is 23.3 Å². The molecule has 9 nitrogen and oxygen atoms in total. The Kier molecular flexibility index (Phi) is 7.38. The molecule has 1 saturated heterocycles. The number of likely N-dealkylation sites (tertiary alicyclic amines) is 1. The van der Waals surface area contributed by atoms with Crippen molar-refractivity contribution in [1.29, 1.82) is 0 Å². The molecule has 1 atom stereocenters. The van der Waals surface area contributed by atoms with Gasteiger partial charge in [0.05, 0.1) is 23.2 Å². The Hall–Kier alpha value is -2.98. The normalized spacial score (nSPS) is 15.8. The lowest BCUT2D eigenvalue weighted by Crippen LogP contribution is -2.47. The van der Waals surface area contributed by atoms with Crippen molar-refractivity contribution in [3.05, 3.63) is 69.8 Å². The van der Waals surface area contributed by atoms with Crippen molar-refractivity contribution >= 4 is 27.4 Å². The number of benzene rings is 2. The standard InChI is InChI=1S/C23H29N3O6S/c1-23(17-32-33(3,30)31,22(27)25-13-7-8-14-25)19-11-12-20(21(15-19)26(28)29)24(2)16-18-9-5-4-6-10-18/h4-6,9-12,15H,7-8,13-14,16-17H2,1-3H3. The summed E-state index contributed by atoms with van der Waals surface area (Å²) in [6.07, 6.45) is 2.63. The molecule has 0 radical (unpaired) electrons. The van der Waals surface area contributed by atoms with E-state index in [1.54, 1.807) is 35.9 Å². The minimum absolute atomic E-state index is 0.161. The Morgan fingerprint density at radius 2 is 1.82 bits per heavy atom. The Balaban J connectivity index is 2.00. The molecule has 0 aliphatic carbocycles. The highest BCUT2D eigenvalue weighted by atomic mass is 32.2. The van der Waals surface area contributed by atoms with E-state index in [1.165, 1.54) is 6.07 Å². The van der Waals surface area contributed by atoms with E-state index < -0.39 is 27.1 Å². The quantitative estimate of drug-likeness (QED) is 0.311. The van der Waals surface area contributed by atoms with Crippen LogP contribution in [0.5, 0.6) is 0 Å². The van der Waals surface area contributed by atoms with Crippen LogP contribution in [0.25, 0.3) is 0 Å². The molecule has 0 spiro atoms. The zero-order chi connectivity index (χ0) is 24.2. The molecule has 0 N–H and O–H groups in total. The average molecular weight is 476 g/mol. The van der Waals surface area contributed by atoms with Crippen molar-refractivity contribution < 1.29 is 22.3 Å². The van der Waals surface area contributed by atoms with Gasteiger partial charge in [0, 0.05) is 32.7 Å². The van der Waals surface area contributed by atoms with Crippen molar-refractivity contribution in [1.82, 2.24) is 4.90 Å². The van der Waals surface area contributed by atoms with Gasteiger partial charge in [0.15, 0.2) is 0 Å². The van der Waals surface area contributed by atoms with Crippen LogP contribution in [0.15, 0.2) is 48.5 Å². The lowest BCUT2D eigenvalue weighted by atomic mass is 9.81. The van der Waals surface area contributed by atoms with Crippen LogP contribution in [0.3, 0.4) is 0 Å². The number of hydrogen-bond acceptors (Lipinski definition) is 7. The molecule has 1 aliphatic rings. The molecule has 3 rings (SSSR count). The number of rotatable bonds is 9. The lowest BCUT2D eigenvalue weighted by molar-refractivity contribution is -0.384. The maximum Gasteiger partial charge on any atom is 0.292 e. The van der Waals surface area contributed by atoms with Crippen molar-refractivity contribution in [2.45, 2.75) is 31.7 Å². The van der Waals surface area contributed by atoms with Crippen LogP contribution in [-0.2, 0) is 31.1 Å². The van der Waals surface area contributed by atoms with Crippen molar-refractivity contribution in [3.63, 3.8) is 0 Å². The van der Waals surface area contributed by atoms with Gasteiger partial charge in [0.25, 0.3) is 15.8 Å². The number of nitrogens with zero attached hydrogens (tertiary/aromatic N) is 3. The van der Waals surface area contributed by atoms with E-state index in [-0.39, 0.29) is 11.6 Å². The molecular weight excluding hydrogens is 446 g/mol. The number of hydrogen-bond donors (Lipinski definition) is 0. The minimum atomic E-state index is -3.82. The van der Waals surface area contributed by atoms with Gasteiger partial charge in [0.2, 0.25) is 5.91 Å². The Morgan fingerprint density at radius 3 is 2.39 bits per heavy atom. The van der Waals surface area contributed by atoms with Gasteiger partial charge < -0.3 is 9.80 Å². The largest absolute Gasteiger partial charge is 0.365 e. The smallest absolute Gasteiger partial charge is 0.292 e. The Bertz CT molecular complexity index is 1120. The summed E-state index contributed by atoms with van der Waals surface area (Å²) in [4.78, 5) is 28.3. The van der Waals surface area contributed by atoms with Crippen LogP contribution in [0, 0.1) is 10.1 Å². The first kappa shape index (κ1) is 24.7. The van der Waals surface area contributed by atoms with Gasteiger partial charge in [0.1, 0.15) is 5.69 Å². The number of amides is 1. The lowest BCUT2D eigenvalue weighted by Gasteiger charge is -2.32. The maximum atomic E-state index is 13.4. The molecule has 33 heavy (non-hydrogen) atoms. The molecule has 2 aromatic carbocycles. The molecule has 1 fully saturated rings. The first-order valence-corrected chi connectivity index (χ1v) is 12.5. The van der Waals surface area contributed by atoms with Crippen LogP contribution < -0.4 is 4.90 Å². The van der Waals surface area contributed by atoms with Gasteiger partial charge >= 0.3 is 0 Å². The fourth-order valence-electron chi connectivity index (χ4n) is 4.04. The predicted molar refractivity (Wildman–Crippen MR) is 126 cm³/mol. The summed E-state index contributed by atoms with van der Waals surface area (Å²) in [6.45, 7) is 2.73. The highest BCUT2D eigenvalue weighted by molar-refractivity contribution is 7.85. The summed E-state index contributed by atoms with van der Waals surface area (Å²) in [7, 11) is -2.06. The summed E-state index contributed by atoms with van der Waals surface area (Å²) in [5, 5.41) is 12.0. The van der Waals surface area contributed by atoms with E-state index in [1.807, 2.05) is 30.3 Å². The first-order chi connectivity index (χ1) is 15.5. The zero-order valence-corrected chi connectivity index (χ0v) is 19.9. The summed E-state index contributed by atoms with van der Waals surface area (Å²) in [6, 6.07) is 14.2. The highest BCUT2D eigenvalue weighted by Crippen LogP contribution is 2.36. The minimum Gasteiger partial charge on any atom is -0.365 e. The second kappa shape index (κ2) is 9.88. The van der Waals surface area contributed by atoms with Gasteiger partial charge in [-0.15, -0.1) is 0 Å². The molecule has 0 bridgehead atoms.